The third-order valence-corrected chi connectivity index (χ3v) is 6.70. The molecule has 164 valence electrons. The molecule has 0 saturated carbocycles. The number of ketones is 1. The van der Waals surface area contributed by atoms with Crippen molar-refractivity contribution in [1.29, 1.82) is 0 Å². The highest BCUT2D eigenvalue weighted by molar-refractivity contribution is 5.99. The van der Waals surface area contributed by atoms with Gasteiger partial charge in [-0.1, -0.05) is 48.5 Å². The van der Waals surface area contributed by atoms with Crippen molar-refractivity contribution >= 4 is 11.7 Å². The quantitative estimate of drug-likeness (QED) is 0.690. The number of rotatable bonds is 4. The van der Waals surface area contributed by atoms with Crippen molar-refractivity contribution in [3.05, 3.63) is 88.5 Å². The molecule has 1 aromatic heterocycles. The molecule has 0 bridgehead atoms. The van der Waals surface area contributed by atoms with Crippen molar-refractivity contribution in [2.45, 2.75) is 32.2 Å². The molecule has 0 radical (unpaired) electrons. The van der Waals surface area contributed by atoms with Crippen LogP contribution >= 0.6 is 0 Å². The number of anilines is 1. The first-order valence-electron chi connectivity index (χ1n) is 11.4. The lowest BCUT2D eigenvalue weighted by Crippen LogP contribution is -3.13. The van der Waals surface area contributed by atoms with Crippen LogP contribution in [0, 0.1) is 12.7 Å². The summed E-state index contributed by atoms with van der Waals surface area (Å²) in [5, 5.41) is 0. The van der Waals surface area contributed by atoms with Gasteiger partial charge < -0.3 is 9.80 Å². The van der Waals surface area contributed by atoms with Crippen LogP contribution in [0.5, 0.6) is 0 Å². The second kappa shape index (κ2) is 8.79. The second-order valence-corrected chi connectivity index (χ2v) is 8.88. The van der Waals surface area contributed by atoms with Crippen LogP contribution in [-0.2, 0) is 13.0 Å². The number of nitrogens with one attached hydrogen (secondary N) is 1. The Morgan fingerprint density at radius 1 is 1.00 bits per heavy atom. The molecule has 0 unspecified atom stereocenters. The molecule has 1 aliphatic heterocycles. The number of hydrogen-bond donors (Lipinski definition) is 1. The van der Waals surface area contributed by atoms with Crippen LogP contribution in [0.3, 0.4) is 0 Å². The predicted octanol–water partition coefficient (Wildman–Crippen LogP) is 2.74. The molecular formula is C26H28FN4O+. The normalized spacial score (nSPS) is 19.1. The number of fused-ring (bicyclic) bond motifs is 1. The van der Waals surface area contributed by atoms with Crippen LogP contribution in [0.2, 0.25) is 0 Å². The number of aryl methyl sites for hydroxylation is 1. The Kier molecular flexibility index (Phi) is 5.70. The molecule has 1 fully saturated rings. The Labute approximate surface area is 187 Å². The third-order valence-electron chi connectivity index (χ3n) is 6.70. The number of hydrogen-bond acceptors (Lipinski definition) is 4. The van der Waals surface area contributed by atoms with E-state index in [2.05, 4.69) is 29.2 Å². The predicted molar refractivity (Wildman–Crippen MR) is 122 cm³/mol. The lowest BCUT2D eigenvalue weighted by molar-refractivity contribution is -0.914. The summed E-state index contributed by atoms with van der Waals surface area (Å²) in [6.45, 7) is 6.71. The van der Waals surface area contributed by atoms with E-state index in [1.807, 2.05) is 19.1 Å². The van der Waals surface area contributed by atoms with E-state index < -0.39 is 0 Å². The van der Waals surface area contributed by atoms with Gasteiger partial charge in [-0.2, -0.15) is 0 Å². The van der Waals surface area contributed by atoms with Crippen molar-refractivity contribution < 1.29 is 14.1 Å². The molecule has 2 aliphatic rings. The van der Waals surface area contributed by atoms with Crippen LogP contribution in [0.25, 0.3) is 0 Å². The van der Waals surface area contributed by atoms with Crippen LogP contribution < -0.4 is 9.80 Å². The Hall–Kier alpha value is -3.12. The van der Waals surface area contributed by atoms with Crippen LogP contribution in [0.15, 0.2) is 54.6 Å². The Morgan fingerprint density at radius 3 is 2.47 bits per heavy atom. The van der Waals surface area contributed by atoms with Crippen molar-refractivity contribution in [2.24, 2.45) is 0 Å². The Bertz CT molecular complexity index is 1130. The molecule has 2 heterocycles. The van der Waals surface area contributed by atoms with E-state index in [4.69, 9.17) is 9.97 Å². The standard InChI is InChI=1S/C26H27FN4O/c1-18-25-23(15-20(16-24(25)32)21-9-5-6-10-22(21)27)29-26(28-18)31-13-11-30(12-14-31)17-19-7-3-2-4-8-19/h2-10,20H,11-17H2,1H3/p+1/t20-/m1/s1. The van der Waals surface area contributed by atoms with E-state index in [0.29, 0.717) is 29.9 Å². The molecule has 3 aromatic rings. The van der Waals surface area contributed by atoms with Gasteiger partial charge in [-0.05, 0) is 30.9 Å². The molecule has 1 N–H and O–H groups in total. The summed E-state index contributed by atoms with van der Waals surface area (Å²) in [5.41, 5.74) is 4.09. The number of carbonyl (C=O) groups excluding carboxylic acids is 1. The molecule has 1 saturated heterocycles. The monoisotopic (exact) mass is 431 g/mol. The first kappa shape index (κ1) is 20.8. The molecule has 2 aromatic carbocycles. The minimum absolute atomic E-state index is 0.0145. The first-order chi connectivity index (χ1) is 15.6. The van der Waals surface area contributed by atoms with Gasteiger partial charge in [0, 0.05) is 12.0 Å². The fraction of sp³-hybridized carbons (Fsp3) is 0.346. The zero-order valence-electron chi connectivity index (χ0n) is 18.4. The van der Waals surface area contributed by atoms with E-state index in [1.165, 1.54) is 11.6 Å². The number of halogens is 1. The average Bonchev–Trinajstić information content (AvgIpc) is 2.80. The first-order valence-corrected chi connectivity index (χ1v) is 11.4. The summed E-state index contributed by atoms with van der Waals surface area (Å²) < 4.78 is 14.4. The van der Waals surface area contributed by atoms with Crippen molar-refractivity contribution in [1.82, 2.24) is 9.97 Å². The number of piperazine rings is 1. The van der Waals surface area contributed by atoms with Crippen molar-refractivity contribution in [3.63, 3.8) is 0 Å². The minimum atomic E-state index is -0.253. The van der Waals surface area contributed by atoms with E-state index >= 15 is 0 Å². The molecule has 32 heavy (non-hydrogen) atoms. The third kappa shape index (κ3) is 4.15. The van der Waals surface area contributed by atoms with E-state index in [0.717, 1.165) is 44.1 Å². The molecule has 1 atom stereocenters. The molecule has 0 spiro atoms. The van der Waals surface area contributed by atoms with Crippen LogP contribution in [-0.4, -0.2) is 41.9 Å². The Balaban J connectivity index is 1.33. The molecule has 5 rings (SSSR count). The summed E-state index contributed by atoms with van der Waals surface area (Å²) in [6, 6.07) is 17.3. The zero-order valence-corrected chi connectivity index (χ0v) is 18.4. The van der Waals surface area contributed by atoms with Crippen LogP contribution in [0.4, 0.5) is 10.3 Å². The number of aromatic nitrogens is 2. The summed E-state index contributed by atoms with van der Waals surface area (Å²) in [6.07, 6.45) is 0.872. The molecule has 0 amide bonds. The summed E-state index contributed by atoms with van der Waals surface area (Å²) in [7, 11) is 0. The van der Waals surface area contributed by atoms with Gasteiger partial charge in [0.1, 0.15) is 12.4 Å². The summed E-state index contributed by atoms with van der Waals surface area (Å²) >= 11 is 0. The van der Waals surface area contributed by atoms with Gasteiger partial charge >= 0.3 is 0 Å². The second-order valence-electron chi connectivity index (χ2n) is 8.88. The van der Waals surface area contributed by atoms with E-state index in [9.17, 15) is 9.18 Å². The maximum Gasteiger partial charge on any atom is 0.226 e. The largest absolute Gasteiger partial charge is 0.330 e. The van der Waals surface area contributed by atoms with E-state index in [-0.39, 0.29) is 17.5 Å². The minimum Gasteiger partial charge on any atom is -0.330 e. The SMILES string of the molecule is Cc1nc(N2CC[NH+](Cc3ccccc3)CC2)nc2c1C(=O)C[C@H](c1ccccc1F)C2. The maximum atomic E-state index is 14.4. The number of nitrogens with zero attached hydrogens (tertiary/aromatic N) is 3. The van der Waals surface area contributed by atoms with Crippen molar-refractivity contribution in [2.75, 3.05) is 31.1 Å². The lowest BCUT2D eigenvalue weighted by atomic mass is 9.81. The average molecular weight is 432 g/mol. The van der Waals surface area contributed by atoms with Gasteiger partial charge in [-0.25, -0.2) is 14.4 Å². The number of Topliss-reactive ketones (excluding diaryl/α,β-unsaturated/α-hetero) is 1. The number of carbonyl (C=O) groups is 1. The molecule has 1 aliphatic carbocycles. The molecule has 6 heteroatoms. The van der Waals surface area contributed by atoms with Gasteiger partial charge in [0.05, 0.1) is 43.1 Å². The van der Waals surface area contributed by atoms with Gasteiger partial charge in [0.15, 0.2) is 5.78 Å². The van der Waals surface area contributed by atoms with E-state index in [1.54, 1.807) is 17.0 Å². The Morgan fingerprint density at radius 2 is 1.72 bits per heavy atom. The van der Waals surface area contributed by atoms with Gasteiger partial charge in [-0.3, -0.25) is 4.79 Å². The number of quaternary nitrogens is 1. The maximum absolute atomic E-state index is 14.4. The van der Waals surface area contributed by atoms with Gasteiger partial charge in [0.25, 0.3) is 0 Å². The summed E-state index contributed by atoms with van der Waals surface area (Å²) in [4.78, 5) is 26.2. The smallest absolute Gasteiger partial charge is 0.226 e. The zero-order chi connectivity index (χ0) is 22.1. The van der Waals surface area contributed by atoms with Crippen molar-refractivity contribution in [3.8, 4) is 0 Å². The topological polar surface area (TPSA) is 50.5 Å². The van der Waals surface area contributed by atoms with Crippen LogP contribution in [0.1, 0.15) is 45.2 Å². The molecular weight excluding hydrogens is 403 g/mol. The highest BCUT2D eigenvalue weighted by Gasteiger charge is 2.32. The fourth-order valence-electron chi connectivity index (χ4n) is 5.01. The highest BCUT2D eigenvalue weighted by atomic mass is 19.1. The fourth-order valence-corrected chi connectivity index (χ4v) is 5.01. The number of benzene rings is 2. The lowest BCUT2D eigenvalue weighted by Gasteiger charge is -2.33. The molecule has 5 nitrogen and oxygen atoms in total. The highest BCUT2D eigenvalue weighted by Crippen LogP contribution is 2.34. The summed E-state index contributed by atoms with van der Waals surface area (Å²) in [5.74, 6) is 0.283. The van der Waals surface area contributed by atoms with Gasteiger partial charge in [0.2, 0.25) is 5.95 Å². The van der Waals surface area contributed by atoms with Gasteiger partial charge in [-0.15, -0.1) is 0 Å².